The number of thiazole rings is 3. The summed E-state index contributed by atoms with van der Waals surface area (Å²) in [6, 6.07) is 14.6. The molecule has 0 aliphatic rings. The quantitative estimate of drug-likeness (QED) is 0.0720. The molecule has 12 rings (SSSR count). The van der Waals surface area contributed by atoms with Crippen molar-refractivity contribution >= 4 is 163 Å². The van der Waals surface area contributed by atoms with Crippen molar-refractivity contribution in [1.29, 1.82) is 0 Å². The van der Waals surface area contributed by atoms with Crippen LogP contribution in [0.4, 0.5) is 0 Å². The Bertz CT molecular complexity index is 6330. The minimum absolute atomic E-state index is 0.00196. The van der Waals surface area contributed by atoms with E-state index in [0.717, 1.165) is 47.7 Å². The van der Waals surface area contributed by atoms with Crippen LogP contribution in [-0.4, -0.2) is 87.5 Å². The van der Waals surface area contributed by atoms with Crippen LogP contribution in [0.1, 0.15) is 125 Å². The third kappa shape index (κ3) is 15.6. The van der Waals surface area contributed by atoms with E-state index in [1.807, 2.05) is 125 Å². The number of aryl methyl sites for hydroxylation is 3. The molecule has 31 nitrogen and oxygen atoms in total. The van der Waals surface area contributed by atoms with Crippen LogP contribution in [0.15, 0.2) is 133 Å². The van der Waals surface area contributed by atoms with Gasteiger partial charge in [-0.15, -0.1) is 34.0 Å². The van der Waals surface area contributed by atoms with Crippen molar-refractivity contribution in [3.05, 3.63) is 197 Å². The molecule has 0 radical (unpaired) electrons. The van der Waals surface area contributed by atoms with Gasteiger partial charge in [-0.05, 0) is 36.4 Å². The molecule has 9 aromatic heterocycles. The number of imidazole rings is 3. The Labute approximate surface area is 741 Å². The van der Waals surface area contributed by atoms with Crippen molar-refractivity contribution in [1.82, 2.24) is 69.8 Å². The summed E-state index contributed by atoms with van der Waals surface area (Å²) in [6.07, 6.45) is 3.76. The molecule has 650 valence electrons. The summed E-state index contributed by atoms with van der Waals surface area (Å²) in [5.41, 5.74) is -18.5. The van der Waals surface area contributed by atoms with Gasteiger partial charge in [0.25, 0.3) is 34.4 Å². The highest BCUT2D eigenvalue weighted by molar-refractivity contribution is 7.48. The van der Waals surface area contributed by atoms with Gasteiger partial charge >= 0.3 is 24.9 Å². The molecule has 3 amide bonds. The molecule has 0 bridgehead atoms. The predicted octanol–water partition coefficient (Wildman–Crippen LogP) is 14.6. The largest absolute Gasteiger partial charge is 0.481 e. The van der Waals surface area contributed by atoms with Crippen LogP contribution in [-0.2, 0) is 112 Å². The fraction of sp³-hybridized carbons (Fsp3) is 0.444. The van der Waals surface area contributed by atoms with Gasteiger partial charge in [0.15, 0.2) is 65.1 Å². The summed E-state index contributed by atoms with van der Waals surface area (Å²) >= 11 is 44.5. The maximum Gasteiger partial charge on any atom is 0.481 e. The number of hydrogen-bond donors (Lipinski definition) is 0. The molecule has 122 heavy (non-hydrogen) atoms. The third-order valence-electron chi connectivity index (χ3n) is 21.8. The van der Waals surface area contributed by atoms with Gasteiger partial charge in [-0.25, -0.2) is 33.9 Å². The summed E-state index contributed by atoms with van der Waals surface area (Å²) < 4.78 is 60.2. The van der Waals surface area contributed by atoms with Crippen LogP contribution < -0.4 is 48.2 Å². The Morgan fingerprint density at radius 3 is 0.787 bits per heavy atom. The molecular formula is C81H93Cl6N18O13PS3. The van der Waals surface area contributed by atoms with E-state index in [-0.39, 0.29) is 95.1 Å². The van der Waals surface area contributed by atoms with Gasteiger partial charge in [-0.2, -0.15) is 15.0 Å². The van der Waals surface area contributed by atoms with Gasteiger partial charge in [-0.3, -0.25) is 83.4 Å². The highest BCUT2D eigenvalue weighted by atomic mass is 35.5. The second-order valence-electron chi connectivity index (χ2n) is 36.0. The van der Waals surface area contributed by atoms with Crippen molar-refractivity contribution in [2.75, 3.05) is 0 Å². The third-order valence-corrected chi connectivity index (χ3v) is 27.9. The number of phosphoric ester groups is 1. The summed E-state index contributed by atoms with van der Waals surface area (Å²) in [6.45, 7) is 31.0. The van der Waals surface area contributed by atoms with Gasteiger partial charge in [0.05, 0.1) is 66.2 Å². The molecule has 0 saturated heterocycles. The molecule has 0 fully saturated rings. The van der Waals surface area contributed by atoms with Crippen molar-refractivity contribution in [2.45, 2.75) is 161 Å². The Hall–Kier alpha value is -8.74. The lowest BCUT2D eigenvalue weighted by molar-refractivity contribution is -0.261. The van der Waals surface area contributed by atoms with Crippen LogP contribution >= 0.6 is 111 Å². The van der Waals surface area contributed by atoms with Crippen molar-refractivity contribution < 1.29 is 32.5 Å². The van der Waals surface area contributed by atoms with E-state index < -0.39 is 129 Å². The Morgan fingerprint density at radius 1 is 0.361 bits per heavy atom. The van der Waals surface area contributed by atoms with E-state index in [1.165, 1.54) is 88.7 Å². The summed E-state index contributed by atoms with van der Waals surface area (Å²) in [5, 5.41) is 5.97. The minimum atomic E-state index is -6.22. The Balaban J connectivity index is 1.25. The molecule has 41 heteroatoms. The monoisotopic (exact) mass is 1860 g/mol. The molecule has 0 spiro atoms. The van der Waals surface area contributed by atoms with E-state index in [0.29, 0.717) is 16.7 Å². The molecule has 0 aliphatic carbocycles. The van der Waals surface area contributed by atoms with E-state index in [4.69, 9.17) is 98.2 Å². The molecule has 0 aliphatic heterocycles. The zero-order valence-corrected chi connectivity index (χ0v) is 79.5. The maximum absolute atomic E-state index is 20.1. The second-order valence-corrected chi connectivity index (χ2v) is 42.4. The van der Waals surface area contributed by atoms with Crippen molar-refractivity contribution in [3.8, 4) is 33.8 Å². The number of fused-ring (bicyclic) bond motifs is 3. The summed E-state index contributed by atoms with van der Waals surface area (Å²) in [4.78, 5) is 156. The first-order valence-corrected chi connectivity index (χ1v) is 44.5. The lowest BCUT2D eigenvalue weighted by atomic mass is 9.68. The number of aromatic nitrogens is 15. The fourth-order valence-corrected chi connectivity index (χ4v) is 23.6. The Morgan fingerprint density at radius 2 is 0.582 bits per heavy atom. The summed E-state index contributed by atoms with van der Waals surface area (Å²) in [7, 11) is 2.03. The highest BCUT2D eigenvalue weighted by Crippen LogP contribution is 2.73. The number of halogens is 6. The molecule has 3 aromatic carbocycles. The van der Waals surface area contributed by atoms with Gasteiger partial charge in [-0.1, -0.05) is 212 Å². The molecule has 0 N–H and O–H groups in total. The van der Waals surface area contributed by atoms with E-state index in [1.54, 1.807) is 84.4 Å². The van der Waals surface area contributed by atoms with E-state index >= 15 is 18.9 Å². The fourth-order valence-electron chi connectivity index (χ4n) is 16.9. The van der Waals surface area contributed by atoms with Crippen molar-refractivity contribution in [3.63, 3.8) is 0 Å². The zero-order valence-electron chi connectivity index (χ0n) is 71.6. The molecule has 0 unspecified atom stereocenters. The van der Waals surface area contributed by atoms with Gasteiger partial charge < -0.3 is 13.7 Å². The standard InChI is InChI=1S/C81H93Cl6N18O13PS3/c1-73(2,3)79(74(4,5)6,103-52(43-25-28-46(82)49(85)31-43)37-120-67(103)91-55(106)34-100-40-88-61-58(100)64(109)97(22)70(112)94(61)19)116-119(115,117-80(75(7,8)9,76(10,11)12)104-53(44-26-29-47(83)50(86)32-44)38-121-68(104)92-56(107)35-101-41-89-62-59(101)65(110)98(23)71(113)95(62)20)118-81(77(13,14)15,78(16,17)18)105-54(45-27-30-48(84)51(87)33-45)39-122-69(105)93-57(108)36-102-42-90-63-60(102)66(111)99(24)72(114)96(63)21/h25-33,37-42H,34-36H2,1-24H3. The van der Waals surface area contributed by atoms with Gasteiger partial charge in [0, 0.05) is 108 Å². The summed E-state index contributed by atoms with van der Waals surface area (Å²) in [5.74, 6) is -2.55. The number of amides is 3. The van der Waals surface area contributed by atoms with Gasteiger partial charge in [0.1, 0.15) is 19.6 Å². The first-order chi connectivity index (χ1) is 56.3. The highest BCUT2D eigenvalue weighted by Gasteiger charge is 2.68. The first kappa shape index (κ1) is 92.4. The number of carbonyl (C=O) groups is 3. The number of nitrogens with zero attached hydrogens (tertiary/aromatic N) is 18. The molecule has 0 saturated carbocycles. The number of hydrogen-bond acceptors (Lipinski definition) is 19. The first-order valence-electron chi connectivity index (χ1n) is 38.1. The molecule has 9 heterocycles. The van der Waals surface area contributed by atoms with E-state index in [9.17, 15) is 28.8 Å². The average molecular weight is 1870 g/mol. The molecule has 12 aromatic rings. The number of benzene rings is 3. The van der Waals surface area contributed by atoms with E-state index in [2.05, 4.69) is 15.0 Å². The number of carbonyl (C=O) groups excluding carboxylic acids is 3. The van der Waals surface area contributed by atoms with Crippen molar-refractivity contribution in [2.24, 2.45) is 89.8 Å². The second kappa shape index (κ2) is 32.3. The lowest BCUT2D eigenvalue weighted by Crippen LogP contribution is -2.63. The smallest absolute Gasteiger partial charge is 0.315 e. The zero-order chi connectivity index (χ0) is 90.5. The maximum atomic E-state index is 20.1. The lowest BCUT2D eigenvalue weighted by Gasteiger charge is -2.60. The SMILES string of the molecule is Cn1c(=O)c2c(ncn2CC(=O)N=c2scc(-c3ccc(Cl)c(Cl)c3)n2C(OP(=O)(OC(n2c(-c3ccc(Cl)c(Cl)c3)csc2=NC(=O)Cn2cnc3c2c(=O)n(C)c(=O)n3C)(C(C)(C)C)C(C)(C)C)OC(n2c(-c3ccc(Cl)c(Cl)c3)csc2=NC(=O)Cn2cnc3c2c(=O)n(C)c(=O)n3C)(C(C)(C)C)C(C)(C)C)(C(C)(C)C)C(C)(C)C)n(C)c1=O. The van der Waals surface area contributed by atoms with Crippen LogP contribution in [0.3, 0.4) is 0 Å². The minimum Gasteiger partial charge on any atom is -0.315 e. The normalized spacial score (nSPS) is 14.2. The van der Waals surface area contributed by atoms with Crippen LogP contribution in [0, 0.1) is 32.5 Å². The van der Waals surface area contributed by atoms with Crippen LogP contribution in [0.2, 0.25) is 30.1 Å². The predicted molar refractivity (Wildman–Crippen MR) is 477 cm³/mol. The van der Waals surface area contributed by atoms with Crippen LogP contribution in [0.25, 0.3) is 67.3 Å². The number of phosphoric acid groups is 1. The molecule has 0 atom stereocenters. The number of rotatable bonds is 18. The van der Waals surface area contributed by atoms with Crippen LogP contribution in [0.5, 0.6) is 0 Å². The molecular weight excluding hydrogens is 1770 g/mol. The topological polar surface area (TPSA) is 333 Å². The Kier molecular flexibility index (Phi) is 24.5. The average Bonchev–Trinajstić information content (AvgIpc) is 1.26. The van der Waals surface area contributed by atoms with Gasteiger partial charge in [0.2, 0.25) is 0 Å².